The molecule has 8 nitrogen and oxygen atoms in total. The molecule has 1 aliphatic rings. The highest BCUT2D eigenvalue weighted by Crippen LogP contribution is 2.27. The Balaban J connectivity index is 2.09. The van der Waals surface area contributed by atoms with Crippen LogP contribution in [0.5, 0.6) is 5.75 Å². The minimum atomic E-state index is -0.866. The summed E-state index contributed by atoms with van der Waals surface area (Å²) >= 11 is 0. The topological polar surface area (TPSA) is 121 Å². The van der Waals surface area contributed by atoms with Crippen LogP contribution in [0.25, 0.3) is 0 Å². The molecular formula is C13H14N2O6. The SMILES string of the molecule is O=C(O)C1CCN(C(=O)c2ccc([N+](=O)[O-])c(O)c2)CC1. The van der Waals surface area contributed by atoms with Gasteiger partial charge in [0.1, 0.15) is 0 Å². The number of phenolic OH excluding ortho intramolecular Hbond substituents is 1. The van der Waals surface area contributed by atoms with Gasteiger partial charge in [-0.3, -0.25) is 19.7 Å². The number of benzene rings is 1. The lowest BCUT2D eigenvalue weighted by Crippen LogP contribution is -2.40. The molecule has 0 radical (unpaired) electrons. The van der Waals surface area contributed by atoms with Crippen molar-refractivity contribution in [3.05, 3.63) is 33.9 Å². The molecule has 1 fully saturated rings. The van der Waals surface area contributed by atoms with Gasteiger partial charge in [0.05, 0.1) is 10.8 Å². The van der Waals surface area contributed by atoms with Crippen molar-refractivity contribution in [3.8, 4) is 5.75 Å². The lowest BCUT2D eigenvalue weighted by Gasteiger charge is -2.30. The van der Waals surface area contributed by atoms with Crippen LogP contribution in [-0.4, -0.2) is 45.0 Å². The standard InChI is InChI=1S/C13H14N2O6/c16-11-7-9(1-2-10(11)15(20)21)12(17)14-5-3-8(4-6-14)13(18)19/h1-2,7-8,16H,3-6H2,(H,18,19). The number of hydrogen-bond acceptors (Lipinski definition) is 5. The molecule has 1 saturated heterocycles. The fourth-order valence-electron chi connectivity index (χ4n) is 2.32. The first-order valence-electron chi connectivity index (χ1n) is 6.39. The number of nitro groups is 1. The molecule has 8 heteroatoms. The number of carboxylic acids is 1. The molecule has 1 heterocycles. The number of hydrogen-bond donors (Lipinski definition) is 2. The van der Waals surface area contributed by atoms with E-state index < -0.39 is 28.2 Å². The van der Waals surface area contributed by atoms with E-state index in [1.54, 1.807) is 0 Å². The highest BCUT2D eigenvalue weighted by Gasteiger charge is 2.28. The van der Waals surface area contributed by atoms with E-state index in [0.29, 0.717) is 25.9 Å². The molecule has 0 aromatic heterocycles. The Morgan fingerprint density at radius 1 is 1.29 bits per heavy atom. The Hall–Kier alpha value is -2.64. The summed E-state index contributed by atoms with van der Waals surface area (Å²) in [6.07, 6.45) is 0.750. The molecule has 1 amide bonds. The predicted molar refractivity (Wildman–Crippen MR) is 71.0 cm³/mol. The number of likely N-dealkylation sites (tertiary alicyclic amines) is 1. The Bertz CT molecular complexity index is 592. The minimum absolute atomic E-state index is 0.145. The molecule has 2 N–H and O–H groups in total. The van der Waals surface area contributed by atoms with Gasteiger partial charge in [-0.1, -0.05) is 0 Å². The van der Waals surface area contributed by atoms with E-state index in [0.717, 1.165) is 12.1 Å². The Kier molecular flexibility index (Phi) is 4.06. The van der Waals surface area contributed by atoms with Crippen LogP contribution < -0.4 is 0 Å². The highest BCUT2D eigenvalue weighted by atomic mass is 16.6. The lowest BCUT2D eigenvalue weighted by atomic mass is 9.96. The van der Waals surface area contributed by atoms with Crippen molar-refractivity contribution in [1.29, 1.82) is 0 Å². The molecule has 1 aliphatic heterocycles. The van der Waals surface area contributed by atoms with E-state index in [2.05, 4.69) is 0 Å². The van der Waals surface area contributed by atoms with Gasteiger partial charge in [0.15, 0.2) is 5.75 Å². The molecule has 0 atom stereocenters. The number of nitro benzene ring substituents is 1. The zero-order valence-corrected chi connectivity index (χ0v) is 11.1. The first-order valence-corrected chi connectivity index (χ1v) is 6.39. The van der Waals surface area contributed by atoms with E-state index in [9.17, 15) is 24.8 Å². The molecule has 0 aliphatic carbocycles. The van der Waals surface area contributed by atoms with E-state index in [-0.39, 0.29) is 11.5 Å². The third-order valence-corrected chi connectivity index (χ3v) is 3.55. The molecule has 2 rings (SSSR count). The molecule has 0 bridgehead atoms. The molecule has 1 aromatic carbocycles. The second-order valence-electron chi connectivity index (χ2n) is 4.87. The average molecular weight is 294 g/mol. The van der Waals surface area contributed by atoms with Crippen LogP contribution in [0.3, 0.4) is 0 Å². The highest BCUT2D eigenvalue weighted by molar-refractivity contribution is 5.95. The van der Waals surface area contributed by atoms with Crippen LogP contribution in [0, 0.1) is 16.0 Å². The maximum absolute atomic E-state index is 12.2. The van der Waals surface area contributed by atoms with Crippen molar-refractivity contribution >= 4 is 17.6 Å². The van der Waals surface area contributed by atoms with Gasteiger partial charge in [0, 0.05) is 24.7 Å². The molecule has 112 valence electrons. The molecule has 0 spiro atoms. The van der Waals surface area contributed by atoms with Crippen LogP contribution in [-0.2, 0) is 4.79 Å². The molecule has 1 aromatic rings. The van der Waals surface area contributed by atoms with Crippen molar-refractivity contribution in [3.63, 3.8) is 0 Å². The summed E-state index contributed by atoms with van der Waals surface area (Å²) in [5, 5.41) is 29.0. The normalized spacial score (nSPS) is 15.7. The molecule has 0 saturated carbocycles. The zero-order valence-electron chi connectivity index (χ0n) is 11.1. The maximum Gasteiger partial charge on any atom is 0.310 e. The summed E-state index contributed by atoms with van der Waals surface area (Å²) in [6.45, 7) is 0.626. The first-order chi connectivity index (χ1) is 9.90. The van der Waals surface area contributed by atoms with Gasteiger partial charge in [-0.25, -0.2) is 0 Å². The van der Waals surface area contributed by atoms with Crippen molar-refractivity contribution in [2.45, 2.75) is 12.8 Å². The van der Waals surface area contributed by atoms with E-state index in [1.807, 2.05) is 0 Å². The maximum atomic E-state index is 12.2. The summed E-state index contributed by atoms with van der Waals surface area (Å²) in [7, 11) is 0. The fraction of sp³-hybridized carbons (Fsp3) is 0.385. The average Bonchev–Trinajstić information content (AvgIpc) is 2.46. The number of carboxylic acid groups (broad SMARTS) is 1. The summed E-state index contributed by atoms with van der Waals surface area (Å²) in [5.41, 5.74) is -0.317. The molecular weight excluding hydrogens is 280 g/mol. The number of rotatable bonds is 3. The van der Waals surface area contributed by atoms with E-state index >= 15 is 0 Å². The summed E-state index contributed by atoms with van der Waals surface area (Å²) in [4.78, 5) is 34.4. The van der Waals surface area contributed by atoms with Crippen LogP contribution >= 0.6 is 0 Å². The van der Waals surface area contributed by atoms with E-state index in [1.165, 1.54) is 11.0 Å². The van der Waals surface area contributed by atoms with Crippen molar-refractivity contribution in [2.24, 2.45) is 5.92 Å². The monoisotopic (exact) mass is 294 g/mol. The lowest BCUT2D eigenvalue weighted by molar-refractivity contribution is -0.385. The molecule has 21 heavy (non-hydrogen) atoms. The minimum Gasteiger partial charge on any atom is -0.502 e. The van der Waals surface area contributed by atoms with Crippen LogP contribution in [0.2, 0.25) is 0 Å². The summed E-state index contributed by atoms with van der Waals surface area (Å²) in [5.74, 6) is -2.25. The first kappa shape index (κ1) is 14.8. The Morgan fingerprint density at radius 3 is 2.38 bits per heavy atom. The number of carbonyl (C=O) groups excluding carboxylic acids is 1. The number of amides is 1. The van der Waals surface area contributed by atoms with Gasteiger partial charge in [-0.15, -0.1) is 0 Å². The van der Waals surface area contributed by atoms with Gasteiger partial charge in [-0.2, -0.15) is 0 Å². The number of nitrogens with zero attached hydrogens (tertiary/aromatic N) is 2. The van der Waals surface area contributed by atoms with Crippen LogP contribution in [0.4, 0.5) is 5.69 Å². The Labute approximate surface area is 119 Å². The third-order valence-electron chi connectivity index (χ3n) is 3.55. The third kappa shape index (κ3) is 3.10. The summed E-state index contributed by atoms with van der Waals surface area (Å²) in [6, 6.07) is 3.42. The quantitative estimate of drug-likeness (QED) is 0.639. The molecule has 0 unspecified atom stereocenters. The smallest absolute Gasteiger partial charge is 0.310 e. The largest absolute Gasteiger partial charge is 0.502 e. The number of carbonyl (C=O) groups is 2. The van der Waals surface area contributed by atoms with Crippen LogP contribution in [0.1, 0.15) is 23.2 Å². The van der Waals surface area contributed by atoms with Crippen molar-refractivity contribution < 1.29 is 24.7 Å². The number of aromatic hydroxyl groups is 1. The van der Waals surface area contributed by atoms with Gasteiger partial charge >= 0.3 is 11.7 Å². The number of aliphatic carboxylic acids is 1. The van der Waals surface area contributed by atoms with Gasteiger partial charge in [0.2, 0.25) is 0 Å². The summed E-state index contributed by atoms with van der Waals surface area (Å²) < 4.78 is 0. The zero-order chi connectivity index (χ0) is 15.6. The van der Waals surface area contributed by atoms with Crippen molar-refractivity contribution in [1.82, 2.24) is 4.90 Å². The number of piperidine rings is 1. The van der Waals surface area contributed by atoms with Crippen LogP contribution in [0.15, 0.2) is 18.2 Å². The fourth-order valence-corrected chi connectivity index (χ4v) is 2.32. The van der Waals surface area contributed by atoms with Gasteiger partial charge in [0.25, 0.3) is 5.91 Å². The number of phenols is 1. The predicted octanol–water partition coefficient (Wildman–Crippen LogP) is 1.24. The van der Waals surface area contributed by atoms with Gasteiger partial charge < -0.3 is 15.1 Å². The van der Waals surface area contributed by atoms with Gasteiger partial charge in [-0.05, 0) is 25.0 Å². The second-order valence-corrected chi connectivity index (χ2v) is 4.87. The van der Waals surface area contributed by atoms with Crippen molar-refractivity contribution in [2.75, 3.05) is 13.1 Å². The van der Waals surface area contributed by atoms with E-state index in [4.69, 9.17) is 5.11 Å². The second kappa shape index (κ2) is 5.78. The Morgan fingerprint density at radius 2 is 1.90 bits per heavy atom.